The van der Waals surface area contributed by atoms with Crippen molar-refractivity contribution in [1.82, 2.24) is 0 Å². The van der Waals surface area contributed by atoms with Crippen molar-refractivity contribution in [2.45, 2.75) is 6.92 Å². The number of rotatable bonds is 3. The van der Waals surface area contributed by atoms with Gasteiger partial charge >= 0.3 is 0 Å². The first kappa shape index (κ1) is 12.5. The van der Waals surface area contributed by atoms with Crippen LogP contribution in [0.25, 0.3) is 11.3 Å². The zero-order valence-corrected chi connectivity index (χ0v) is 10.9. The third-order valence-corrected chi connectivity index (χ3v) is 3.13. The molecule has 0 atom stereocenters. The van der Waals surface area contributed by atoms with Gasteiger partial charge in [0.2, 0.25) is 0 Å². The van der Waals surface area contributed by atoms with Gasteiger partial charge in [-0.15, -0.1) is 0 Å². The molecule has 1 aromatic carbocycles. The molecule has 18 heavy (non-hydrogen) atoms. The Morgan fingerprint density at radius 3 is 2.67 bits per heavy atom. The molecule has 2 rings (SSSR count). The van der Waals surface area contributed by atoms with E-state index in [2.05, 4.69) is 15.9 Å². The van der Waals surface area contributed by atoms with Gasteiger partial charge in [0.1, 0.15) is 5.76 Å². The number of nitro groups is 1. The highest BCUT2D eigenvalue weighted by atomic mass is 79.9. The van der Waals surface area contributed by atoms with E-state index >= 15 is 0 Å². The van der Waals surface area contributed by atoms with Crippen LogP contribution < -0.4 is 0 Å². The summed E-state index contributed by atoms with van der Waals surface area (Å²) in [7, 11) is 0. The van der Waals surface area contributed by atoms with E-state index < -0.39 is 4.92 Å². The van der Waals surface area contributed by atoms with Crippen LogP contribution in [0.1, 0.15) is 16.1 Å². The smallest absolute Gasteiger partial charge is 0.284 e. The number of halogens is 1. The number of nitrogens with zero attached hydrogens (tertiary/aromatic N) is 1. The maximum absolute atomic E-state index is 10.9. The lowest BCUT2D eigenvalue weighted by Gasteiger charge is -2.04. The molecule has 0 aliphatic heterocycles. The molecule has 0 saturated heterocycles. The van der Waals surface area contributed by atoms with Crippen molar-refractivity contribution in [3.63, 3.8) is 0 Å². The number of carbonyl (C=O) groups excluding carboxylic acids is 1. The quantitative estimate of drug-likeness (QED) is 0.492. The maximum Gasteiger partial charge on any atom is 0.284 e. The Balaban J connectivity index is 2.59. The molecule has 5 nitrogen and oxygen atoms in total. The molecule has 0 aliphatic rings. The summed E-state index contributed by atoms with van der Waals surface area (Å²) in [5, 5.41) is 10.9. The van der Waals surface area contributed by atoms with Crippen LogP contribution in [0.4, 0.5) is 5.69 Å². The predicted octanol–water partition coefficient (Wildman–Crippen LogP) is 3.74. The summed E-state index contributed by atoms with van der Waals surface area (Å²) in [4.78, 5) is 20.9. The Kier molecular flexibility index (Phi) is 3.29. The SMILES string of the molecule is Cc1cc(Br)c([N+](=O)[O-])cc1-c1ccc(C=O)o1. The van der Waals surface area contributed by atoms with Gasteiger partial charge < -0.3 is 4.42 Å². The van der Waals surface area contributed by atoms with Crippen LogP contribution in [-0.2, 0) is 0 Å². The van der Waals surface area contributed by atoms with Crippen LogP contribution in [0.3, 0.4) is 0 Å². The summed E-state index contributed by atoms with van der Waals surface area (Å²) < 4.78 is 5.68. The van der Waals surface area contributed by atoms with Crippen molar-refractivity contribution < 1.29 is 14.1 Å². The molecular weight excluding hydrogens is 302 g/mol. The molecule has 1 heterocycles. The highest BCUT2D eigenvalue weighted by Crippen LogP contribution is 2.34. The van der Waals surface area contributed by atoms with Crippen LogP contribution in [0.15, 0.2) is 33.2 Å². The molecule has 0 fully saturated rings. The lowest BCUT2D eigenvalue weighted by molar-refractivity contribution is -0.385. The van der Waals surface area contributed by atoms with E-state index in [4.69, 9.17) is 4.42 Å². The fourth-order valence-corrected chi connectivity index (χ4v) is 2.23. The van der Waals surface area contributed by atoms with Crippen molar-refractivity contribution in [3.05, 3.63) is 50.2 Å². The van der Waals surface area contributed by atoms with Crippen LogP contribution in [0.2, 0.25) is 0 Å². The molecule has 0 spiro atoms. The van der Waals surface area contributed by atoms with E-state index in [-0.39, 0.29) is 11.4 Å². The lowest BCUT2D eigenvalue weighted by atomic mass is 10.1. The van der Waals surface area contributed by atoms with E-state index in [9.17, 15) is 14.9 Å². The number of aldehydes is 1. The topological polar surface area (TPSA) is 73.3 Å². The molecule has 0 aliphatic carbocycles. The molecule has 0 amide bonds. The number of hydrogen-bond donors (Lipinski definition) is 0. The minimum atomic E-state index is -0.476. The summed E-state index contributed by atoms with van der Waals surface area (Å²) in [6, 6.07) is 6.21. The summed E-state index contributed by atoms with van der Waals surface area (Å²) >= 11 is 3.14. The fraction of sp³-hybridized carbons (Fsp3) is 0.0833. The molecule has 0 bridgehead atoms. The van der Waals surface area contributed by atoms with Gasteiger partial charge in [-0.25, -0.2) is 0 Å². The average Bonchev–Trinajstić information content (AvgIpc) is 2.77. The summed E-state index contributed by atoms with van der Waals surface area (Å²) in [6.45, 7) is 1.81. The minimum absolute atomic E-state index is 0.0420. The second kappa shape index (κ2) is 4.73. The molecule has 1 aromatic heterocycles. The van der Waals surface area contributed by atoms with E-state index in [0.717, 1.165) is 5.56 Å². The molecule has 6 heteroatoms. The number of nitro benzene ring substituents is 1. The third kappa shape index (κ3) is 2.19. The van der Waals surface area contributed by atoms with Gasteiger partial charge in [0, 0.05) is 11.6 Å². The highest BCUT2D eigenvalue weighted by Gasteiger charge is 2.17. The number of furan rings is 1. The molecule has 0 unspecified atom stereocenters. The van der Waals surface area contributed by atoms with E-state index in [0.29, 0.717) is 22.1 Å². The monoisotopic (exact) mass is 309 g/mol. The number of aryl methyl sites for hydroxylation is 1. The molecule has 0 N–H and O–H groups in total. The summed E-state index contributed by atoms with van der Waals surface area (Å²) in [5.74, 6) is 0.625. The Morgan fingerprint density at radius 2 is 2.11 bits per heavy atom. The second-order valence-corrected chi connectivity index (χ2v) is 4.55. The van der Waals surface area contributed by atoms with Gasteiger partial charge in [-0.1, -0.05) is 0 Å². The number of benzene rings is 1. The number of carbonyl (C=O) groups is 1. The Hall–Kier alpha value is -1.95. The van der Waals surface area contributed by atoms with E-state index in [1.54, 1.807) is 12.1 Å². The molecule has 92 valence electrons. The van der Waals surface area contributed by atoms with Gasteiger partial charge in [-0.2, -0.15) is 0 Å². The molecule has 0 saturated carbocycles. The summed E-state index contributed by atoms with van der Waals surface area (Å²) in [6.07, 6.45) is 0.589. The fourth-order valence-electron chi connectivity index (χ4n) is 1.63. The minimum Gasteiger partial charge on any atom is -0.453 e. The van der Waals surface area contributed by atoms with Crippen LogP contribution in [0, 0.1) is 17.0 Å². The maximum atomic E-state index is 10.9. The van der Waals surface area contributed by atoms with E-state index in [1.165, 1.54) is 12.1 Å². The van der Waals surface area contributed by atoms with Crippen molar-refractivity contribution in [2.75, 3.05) is 0 Å². The van der Waals surface area contributed by atoms with Crippen molar-refractivity contribution in [2.24, 2.45) is 0 Å². The average molecular weight is 310 g/mol. The van der Waals surface area contributed by atoms with Crippen LogP contribution >= 0.6 is 15.9 Å². The first-order chi connectivity index (χ1) is 8.52. The first-order valence-corrected chi connectivity index (χ1v) is 5.82. The Morgan fingerprint density at radius 1 is 1.39 bits per heavy atom. The van der Waals surface area contributed by atoms with Crippen molar-refractivity contribution in [1.29, 1.82) is 0 Å². The third-order valence-electron chi connectivity index (χ3n) is 2.50. The zero-order valence-electron chi connectivity index (χ0n) is 9.34. The Bertz CT molecular complexity index is 633. The Labute approximate surface area is 111 Å². The predicted molar refractivity (Wildman–Crippen MR) is 68.6 cm³/mol. The van der Waals surface area contributed by atoms with E-state index in [1.807, 2.05) is 6.92 Å². The van der Waals surface area contributed by atoms with Gasteiger partial charge in [-0.05, 0) is 46.6 Å². The number of hydrogen-bond acceptors (Lipinski definition) is 4. The normalized spacial score (nSPS) is 10.3. The summed E-state index contributed by atoms with van der Waals surface area (Å²) in [5.41, 5.74) is 1.37. The van der Waals surface area contributed by atoms with Crippen molar-refractivity contribution in [3.8, 4) is 11.3 Å². The van der Waals surface area contributed by atoms with Crippen molar-refractivity contribution >= 4 is 27.9 Å². The molecule has 2 aromatic rings. The standard InChI is InChI=1S/C12H8BrNO4/c1-7-4-10(13)11(14(16)17)5-9(7)12-3-2-8(6-15)18-12/h2-6H,1H3. The van der Waals surface area contributed by atoms with Gasteiger partial charge in [0.15, 0.2) is 12.0 Å². The highest BCUT2D eigenvalue weighted by molar-refractivity contribution is 9.10. The zero-order chi connectivity index (χ0) is 13.3. The lowest BCUT2D eigenvalue weighted by Crippen LogP contribution is -1.92. The van der Waals surface area contributed by atoms with Gasteiger partial charge in [-0.3, -0.25) is 14.9 Å². The van der Waals surface area contributed by atoms with Crippen LogP contribution in [0.5, 0.6) is 0 Å². The molecule has 0 radical (unpaired) electrons. The van der Waals surface area contributed by atoms with Gasteiger partial charge in [0.05, 0.1) is 9.40 Å². The first-order valence-electron chi connectivity index (χ1n) is 5.03. The second-order valence-electron chi connectivity index (χ2n) is 3.70. The molecular formula is C12H8BrNO4. The largest absolute Gasteiger partial charge is 0.453 e. The van der Waals surface area contributed by atoms with Crippen LogP contribution in [-0.4, -0.2) is 11.2 Å². The van der Waals surface area contributed by atoms with Gasteiger partial charge in [0.25, 0.3) is 5.69 Å².